The second kappa shape index (κ2) is 11.1. The van der Waals surface area contributed by atoms with Gasteiger partial charge in [-0.2, -0.15) is 5.10 Å². The van der Waals surface area contributed by atoms with Gasteiger partial charge in [0.1, 0.15) is 6.61 Å². The molecular formula is C23H20BrN3O5. The van der Waals surface area contributed by atoms with Gasteiger partial charge >= 0.3 is 0 Å². The number of hydrazone groups is 1. The lowest BCUT2D eigenvalue weighted by Gasteiger charge is -2.12. The van der Waals surface area contributed by atoms with E-state index in [1.54, 1.807) is 18.2 Å². The van der Waals surface area contributed by atoms with Crippen LogP contribution in [0.1, 0.15) is 28.4 Å². The van der Waals surface area contributed by atoms with E-state index in [1.165, 1.54) is 30.5 Å². The average Bonchev–Trinajstić information content (AvgIpc) is 2.80. The molecule has 0 aliphatic heterocycles. The number of nitro groups is 1. The van der Waals surface area contributed by atoms with Gasteiger partial charge in [-0.3, -0.25) is 14.9 Å². The first kappa shape index (κ1) is 23.0. The molecule has 9 heteroatoms. The van der Waals surface area contributed by atoms with Gasteiger partial charge in [-0.25, -0.2) is 5.43 Å². The monoisotopic (exact) mass is 497 g/mol. The molecule has 0 radical (unpaired) electrons. The van der Waals surface area contributed by atoms with Crippen molar-refractivity contribution in [3.63, 3.8) is 0 Å². The summed E-state index contributed by atoms with van der Waals surface area (Å²) in [6.07, 6.45) is 1.45. The van der Waals surface area contributed by atoms with Crippen LogP contribution in [0.25, 0.3) is 0 Å². The van der Waals surface area contributed by atoms with E-state index in [2.05, 4.69) is 26.5 Å². The minimum Gasteiger partial charge on any atom is -0.490 e. The lowest BCUT2D eigenvalue weighted by atomic mass is 10.2. The summed E-state index contributed by atoms with van der Waals surface area (Å²) in [7, 11) is 0. The fraction of sp³-hybridized carbons (Fsp3) is 0.130. The molecule has 0 atom stereocenters. The summed E-state index contributed by atoms with van der Waals surface area (Å²) in [6.45, 7) is 2.72. The summed E-state index contributed by atoms with van der Waals surface area (Å²) >= 11 is 3.41. The Morgan fingerprint density at radius 1 is 1.09 bits per heavy atom. The SMILES string of the molecule is CCOc1cc(/C=N\NC(=O)c2cccc([N+](=O)[O-])c2)ccc1OCc1ccc(Br)cc1. The molecule has 0 aliphatic rings. The highest BCUT2D eigenvalue weighted by molar-refractivity contribution is 9.10. The first-order chi connectivity index (χ1) is 15.5. The molecule has 0 saturated heterocycles. The lowest BCUT2D eigenvalue weighted by molar-refractivity contribution is -0.384. The predicted octanol–water partition coefficient (Wildman–Crippen LogP) is 5.10. The molecule has 1 N–H and O–H groups in total. The zero-order chi connectivity index (χ0) is 22.9. The molecule has 8 nitrogen and oxygen atoms in total. The zero-order valence-electron chi connectivity index (χ0n) is 17.2. The van der Waals surface area contributed by atoms with Crippen LogP contribution in [0.4, 0.5) is 5.69 Å². The number of nitrogens with zero attached hydrogens (tertiary/aromatic N) is 2. The van der Waals surface area contributed by atoms with Crippen LogP contribution in [0.5, 0.6) is 11.5 Å². The van der Waals surface area contributed by atoms with E-state index in [0.717, 1.165) is 10.0 Å². The fourth-order valence-electron chi connectivity index (χ4n) is 2.72. The van der Waals surface area contributed by atoms with Crippen LogP contribution in [0.15, 0.2) is 76.3 Å². The van der Waals surface area contributed by atoms with Gasteiger partial charge in [0.15, 0.2) is 11.5 Å². The molecule has 0 aliphatic carbocycles. The summed E-state index contributed by atoms with van der Waals surface area (Å²) in [5.41, 5.74) is 4.04. The van der Waals surface area contributed by atoms with Gasteiger partial charge in [-0.05, 0) is 54.4 Å². The quantitative estimate of drug-likeness (QED) is 0.251. The van der Waals surface area contributed by atoms with Gasteiger partial charge in [0.2, 0.25) is 0 Å². The Hall–Kier alpha value is -3.72. The van der Waals surface area contributed by atoms with Crippen molar-refractivity contribution in [2.24, 2.45) is 5.10 Å². The number of benzene rings is 3. The van der Waals surface area contributed by atoms with Crippen LogP contribution >= 0.6 is 15.9 Å². The number of non-ortho nitro benzene ring substituents is 1. The standard InChI is InChI=1S/C23H20BrN3O5/c1-2-31-22-12-17(8-11-21(22)32-15-16-6-9-19(24)10-7-16)14-25-26-23(28)18-4-3-5-20(13-18)27(29)30/h3-14H,2,15H2,1H3,(H,26,28)/b25-14-. The third kappa shape index (κ3) is 6.39. The minimum atomic E-state index is -0.560. The maximum atomic E-state index is 12.2. The van der Waals surface area contributed by atoms with Crippen molar-refractivity contribution in [1.82, 2.24) is 5.43 Å². The number of amides is 1. The number of carbonyl (C=O) groups is 1. The summed E-state index contributed by atoms with van der Waals surface area (Å²) in [5, 5.41) is 14.8. The third-order valence-electron chi connectivity index (χ3n) is 4.27. The maximum Gasteiger partial charge on any atom is 0.271 e. The van der Waals surface area contributed by atoms with Gasteiger partial charge in [-0.1, -0.05) is 34.1 Å². The molecule has 3 aromatic rings. The highest BCUT2D eigenvalue weighted by atomic mass is 79.9. The molecule has 0 saturated carbocycles. The van der Waals surface area contributed by atoms with E-state index in [9.17, 15) is 14.9 Å². The summed E-state index contributed by atoms with van der Waals surface area (Å²) in [4.78, 5) is 22.5. The predicted molar refractivity (Wildman–Crippen MR) is 124 cm³/mol. The van der Waals surface area contributed by atoms with Gasteiger partial charge in [0.25, 0.3) is 11.6 Å². The van der Waals surface area contributed by atoms with Gasteiger partial charge in [0, 0.05) is 22.2 Å². The first-order valence-electron chi connectivity index (χ1n) is 9.68. The van der Waals surface area contributed by atoms with Crippen LogP contribution in [-0.2, 0) is 6.61 Å². The topological polar surface area (TPSA) is 103 Å². The Balaban J connectivity index is 1.65. The molecule has 164 valence electrons. The fourth-order valence-corrected chi connectivity index (χ4v) is 2.99. The van der Waals surface area contributed by atoms with Crippen molar-refractivity contribution in [3.8, 4) is 11.5 Å². The molecular weight excluding hydrogens is 478 g/mol. The van der Waals surface area contributed by atoms with E-state index in [4.69, 9.17) is 9.47 Å². The molecule has 3 aromatic carbocycles. The van der Waals surface area contributed by atoms with Crippen molar-refractivity contribution >= 4 is 33.7 Å². The first-order valence-corrected chi connectivity index (χ1v) is 10.5. The van der Waals surface area contributed by atoms with E-state index in [1.807, 2.05) is 31.2 Å². The second-order valence-corrected chi connectivity index (χ2v) is 7.48. The summed E-state index contributed by atoms with van der Waals surface area (Å²) < 4.78 is 12.6. The molecule has 0 aromatic heterocycles. The van der Waals surface area contributed by atoms with Gasteiger partial charge < -0.3 is 9.47 Å². The smallest absolute Gasteiger partial charge is 0.271 e. The summed E-state index contributed by atoms with van der Waals surface area (Å²) in [6, 6.07) is 18.6. The second-order valence-electron chi connectivity index (χ2n) is 6.56. The van der Waals surface area contributed by atoms with Gasteiger partial charge in [-0.15, -0.1) is 0 Å². The summed E-state index contributed by atoms with van der Waals surface area (Å²) in [5.74, 6) is 0.593. The van der Waals surface area contributed by atoms with Crippen LogP contribution < -0.4 is 14.9 Å². The Bertz CT molecular complexity index is 1130. The average molecular weight is 498 g/mol. The van der Waals surface area contributed by atoms with Crippen LogP contribution in [0, 0.1) is 10.1 Å². The Kier molecular flexibility index (Phi) is 7.93. The highest BCUT2D eigenvalue weighted by Gasteiger charge is 2.11. The lowest BCUT2D eigenvalue weighted by Crippen LogP contribution is -2.17. The molecule has 0 spiro atoms. The number of halogens is 1. The van der Waals surface area contributed by atoms with Crippen molar-refractivity contribution < 1.29 is 19.2 Å². The zero-order valence-corrected chi connectivity index (χ0v) is 18.7. The molecule has 1 amide bonds. The molecule has 0 heterocycles. The van der Waals surface area contributed by atoms with Crippen LogP contribution in [0.2, 0.25) is 0 Å². The Labute approximate surface area is 193 Å². The maximum absolute atomic E-state index is 12.2. The van der Waals surface area contributed by atoms with Crippen molar-refractivity contribution in [3.05, 3.63) is 98.0 Å². The van der Waals surface area contributed by atoms with Crippen molar-refractivity contribution in [2.75, 3.05) is 6.61 Å². The Morgan fingerprint density at radius 3 is 2.59 bits per heavy atom. The Morgan fingerprint density at radius 2 is 1.88 bits per heavy atom. The molecule has 3 rings (SSSR count). The normalized spacial score (nSPS) is 10.7. The largest absolute Gasteiger partial charge is 0.490 e. The highest BCUT2D eigenvalue weighted by Crippen LogP contribution is 2.29. The number of nitro benzene ring substituents is 1. The van der Waals surface area contributed by atoms with Crippen molar-refractivity contribution in [1.29, 1.82) is 0 Å². The molecule has 32 heavy (non-hydrogen) atoms. The van der Waals surface area contributed by atoms with Crippen LogP contribution in [0.3, 0.4) is 0 Å². The van der Waals surface area contributed by atoms with E-state index in [0.29, 0.717) is 30.3 Å². The van der Waals surface area contributed by atoms with Crippen LogP contribution in [-0.4, -0.2) is 23.7 Å². The number of nitrogens with one attached hydrogen (secondary N) is 1. The number of rotatable bonds is 9. The number of carbonyl (C=O) groups excluding carboxylic acids is 1. The number of hydrogen-bond donors (Lipinski definition) is 1. The minimum absolute atomic E-state index is 0.142. The van der Waals surface area contributed by atoms with E-state index in [-0.39, 0.29) is 11.3 Å². The molecule has 0 unspecified atom stereocenters. The molecule has 0 bridgehead atoms. The van der Waals surface area contributed by atoms with Crippen molar-refractivity contribution in [2.45, 2.75) is 13.5 Å². The number of ether oxygens (including phenoxy) is 2. The van der Waals surface area contributed by atoms with E-state index >= 15 is 0 Å². The molecule has 0 fully saturated rings. The number of hydrogen-bond acceptors (Lipinski definition) is 6. The van der Waals surface area contributed by atoms with E-state index < -0.39 is 10.8 Å². The third-order valence-corrected chi connectivity index (χ3v) is 4.80. The van der Waals surface area contributed by atoms with Gasteiger partial charge in [0.05, 0.1) is 17.7 Å².